The molecular formula is C28H18N2. The van der Waals surface area contributed by atoms with Gasteiger partial charge in [0.05, 0.1) is 16.6 Å². The molecule has 0 amide bonds. The fourth-order valence-corrected chi connectivity index (χ4v) is 5.29. The van der Waals surface area contributed by atoms with Crippen molar-refractivity contribution >= 4 is 32.7 Å². The van der Waals surface area contributed by atoms with E-state index in [4.69, 9.17) is 4.98 Å². The van der Waals surface area contributed by atoms with Gasteiger partial charge in [0.1, 0.15) is 0 Å². The van der Waals surface area contributed by atoms with Crippen molar-refractivity contribution in [3.8, 4) is 16.8 Å². The molecular weight excluding hydrogens is 364 g/mol. The van der Waals surface area contributed by atoms with Crippen LogP contribution < -0.4 is 0 Å². The van der Waals surface area contributed by atoms with Crippen LogP contribution in [0.2, 0.25) is 0 Å². The third-order valence-electron chi connectivity index (χ3n) is 6.45. The third kappa shape index (κ3) is 1.95. The van der Waals surface area contributed by atoms with Crippen LogP contribution in [0.3, 0.4) is 0 Å². The summed E-state index contributed by atoms with van der Waals surface area (Å²) in [6, 6.07) is 32.5. The van der Waals surface area contributed by atoms with Gasteiger partial charge in [-0.1, -0.05) is 66.7 Å². The minimum Gasteiger partial charge on any atom is -0.307 e. The number of benzene rings is 4. The Morgan fingerprint density at radius 1 is 0.700 bits per heavy atom. The SMILES string of the molecule is c1ccc(-n2c3ccccc3c3c4c(c5cccnc5c32)-c2ccccc2C4)cc1. The zero-order valence-corrected chi connectivity index (χ0v) is 16.3. The van der Waals surface area contributed by atoms with E-state index in [1.807, 2.05) is 6.20 Å². The lowest BCUT2D eigenvalue weighted by atomic mass is 9.96. The van der Waals surface area contributed by atoms with E-state index in [1.54, 1.807) is 0 Å². The molecule has 0 bridgehead atoms. The van der Waals surface area contributed by atoms with Crippen molar-refractivity contribution in [1.82, 2.24) is 9.55 Å². The Balaban J connectivity index is 1.79. The molecule has 2 heterocycles. The van der Waals surface area contributed by atoms with Crippen molar-refractivity contribution in [2.24, 2.45) is 0 Å². The summed E-state index contributed by atoms with van der Waals surface area (Å²) in [4.78, 5) is 4.92. The first-order chi connectivity index (χ1) is 14.9. The molecule has 2 heteroatoms. The zero-order valence-electron chi connectivity index (χ0n) is 16.3. The summed E-state index contributed by atoms with van der Waals surface area (Å²) in [5, 5.41) is 3.88. The Morgan fingerprint density at radius 2 is 1.47 bits per heavy atom. The molecule has 0 atom stereocenters. The van der Waals surface area contributed by atoms with Gasteiger partial charge in [0.2, 0.25) is 0 Å². The van der Waals surface area contributed by atoms with Gasteiger partial charge in [-0.25, -0.2) is 0 Å². The first-order valence-corrected chi connectivity index (χ1v) is 10.4. The number of para-hydroxylation sites is 2. The molecule has 0 aliphatic heterocycles. The Labute approximate surface area is 174 Å². The average Bonchev–Trinajstić information content (AvgIpc) is 3.36. The van der Waals surface area contributed by atoms with E-state index in [9.17, 15) is 0 Å². The first kappa shape index (κ1) is 15.9. The van der Waals surface area contributed by atoms with Crippen molar-refractivity contribution in [2.45, 2.75) is 6.42 Å². The Morgan fingerprint density at radius 3 is 2.40 bits per heavy atom. The molecule has 0 saturated carbocycles. The summed E-state index contributed by atoms with van der Waals surface area (Å²) in [6.07, 6.45) is 2.89. The lowest BCUT2D eigenvalue weighted by Gasteiger charge is -2.12. The van der Waals surface area contributed by atoms with Crippen molar-refractivity contribution in [1.29, 1.82) is 0 Å². The van der Waals surface area contributed by atoms with E-state index in [-0.39, 0.29) is 0 Å². The largest absolute Gasteiger partial charge is 0.307 e. The lowest BCUT2D eigenvalue weighted by Crippen LogP contribution is -1.96. The lowest BCUT2D eigenvalue weighted by molar-refractivity contribution is 1.18. The van der Waals surface area contributed by atoms with Gasteiger partial charge in [-0.05, 0) is 52.9 Å². The molecule has 30 heavy (non-hydrogen) atoms. The molecule has 1 aliphatic carbocycles. The fraction of sp³-hybridized carbons (Fsp3) is 0.0357. The zero-order chi connectivity index (χ0) is 19.7. The predicted molar refractivity (Wildman–Crippen MR) is 124 cm³/mol. The van der Waals surface area contributed by atoms with Crippen LogP contribution >= 0.6 is 0 Å². The average molecular weight is 382 g/mol. The molecule has 1 aliphatic rings. The van der Waals surface area contributed by atoms with E-state index in [2.05, 4.69) is 95.6 Å². The number of pyridine rings is 1. The van der Waals surface area contributed by atoms with Crippen molar-refractivity contribution in [3.05, 3.63) is 108 Å². The second kappa shape index (κ2) is 5.80. The second-order valence-electron chi connectivity index (χ2n) is 8.00. The third-order valence-corrected chi connectivity index (χ3v) is 6.45. The van der Waals surface area contributed by atoms with Crippen LogP contribution in [0.15, 0.2) is 97.2 Å². The second-order valence-corrected chi connectivity index (χ2v) is 8.00. The highest BCUT2D eigenvalue weighted by atomic mass is 15.0. The molecule has 0 unspecified atom stereocenters. The van der Waals surface area contributed by atoms with E-state index in [0.29, 0.717) is 0 Å². The smallest absolute Gasteiger partial charge is 0.0955 e. The molecule has 0 radical (unpaired) electrons. The predicted octanol–water partition coefficient (Wildman–Crippen LogP) is 6.90. The summed E-state index contributed by atoms with van der Waals surface area (Å²) in [6.45, 7) is 0. The molecule has 2 nitrogen and oxygen atoms in total. The number of hydrogen-bond donors (Lipinski definition) is 0. The summed E-state index contributed by atoms with van der Waals surface area (Å²) in [7, 11) is 0. The molecule has 7 rings (SSSR count). The number of nitrogens with zero attached hydrogens (tertiary/aromatic N) is 2. The van der Waals surface area contributed by atoms with Gasteiger partial charge in [-0.15, -0.1) is 0 Å². The summed E-state index contributed by atoms with van der Waals surface area (Å²) < 4.78 is 2.39. The molecule has 140 valence electrons. The van der Waals surface area contributed by atoms with E-state index in [1.165, 1.54) is 55.1 Å². The number of aromatic nitrogens is 2. The van der Waals surface area contributed by atoms with Crippen LogP contribution in [0, 0.1) is 0 Å². The van der Waals surface area contributed by atoms with E-state index >= 15 is 0 Å². The van der Waals surface area contributed by atoms with Gasteiger partial charge in [0.25, 0.3) is 0 Å². The van der Waals surface area contributed by atoms with E-state index < -0.39 is 0 Å². The van der Waals surface area contributed by atoms with Crippen LogP contribution in [0.5, 0.6) is 0 Å². The number of fused-ring (bicyclic) bond motifs is 10. The highest BCUT2D eigenvalue weighted by molar-refractivity contribution is 6.23. The number of hydrogen-bond acceptors (Lipinski definition) is 1. The Kier molecular flexibility index (Phi) is 3.09. The maximum absolute atomic E-state index is 4.92. The number of rotatable bonds is 1. The van der Waals surface area contributed by atoms with Crippen LogP contribution in [0.25, 0.3) is 49.5 Å². The fourth-order valence-electron chi connectivity index (χ4n) is 5.29. The van der Waals surface area contributed by atoms with Gasteiger partial charge in [0.15, 0.2) is 0 Å². The maximum atomic E-state index is 4.92. The molecule has 0 spiro atoms. The first-order valence-electron chi connectivity index (χ1n) is 10.4. The van der Waals surface area contributed by atoms with Crippen molar-refractivity contribution in [3.63, 3.8) is 0 Å². The topological polar surface area (TPSA) is 17.8 Å². The van der Waals surface area contributed by atoms with Crippen LogP contribution in [0.4, 0.5) is 0 Å². The van der Waals surface area contributed by atoms with Gasteiger partial charge in [-0.2, -0.15) is 0 Å². The quantitative estimate of drug-likeness (QED) is 0.302. The Hall–Kier alpha value is -3.91. The van der Waals surface area contributed by atoms with Crippen LogP contribution in [-0.2, 0) is 6.42 Å². The molecule has 0 N–H and O–H groups in total. The van der Waals surface area contributed by atoms with Gasteiger partial charge >= 0.3 is 0 Å². The molecule has 0 fully saturated rings. The molecule has 0 saturated heterocycles. The molecule has 6 aromatic rings. The normalized spacial score (nSPS) is 12.5. The Bertz CT molecular complexity index is 1610. The van der Waals surface area contributed by atoms with Gasteiger partial charge < -0.3 is 4.57 Å². The minimum atomic E-state index is 0.968. The van der Waals surface area contributed by atoms with Crippen molar-refractivity contribution < 1.29 is 0 Å². The highest BCUT2D eigenvalue weighted by Crippen LogP contribution is 2.48. The van der Waals surface area contributed by atoms with Crippen LogP contribution in [-0.4, -0.2) is 9.55 Å². The minimum absolute atomic E-state index is 0.968. The van der Waals surface area contributed by atoms with Gasteiger partial charge in [-0.3, -0.25) is 4.98 Å². The monoisotopic (exact) mass is 382 g/mol. The van der Waals surface area contributed by atoms with Crippen LogP contribution in [0.1, 0.15) is 11.1 Å². The summed E-state index contributed by atoms with van der Waals surface area (Å²) in [5.74, 6) is 0. The molecule has 2 aromatic heterocycles. The van der Waals surface area contributed by atoms with Gasteiger partial charge in [0, 0.05) is 28.0 Å². The summed E-state index contributed by atoms with van der Waals surface area (Å²) >= 11 is 0. The van der Waals surface area contributed by atoms with Crippen molar-refractivity contribution in [2.75, 3.05) is 0 Å². The standard InChI is InChI=1S/C28H18N2/c1-2-10-19(11-3-1)30-24-15-7-6-13-21(24)26-23-17-18-9-4-5-12-20(18)25(23)22-14-8-16-29-27(22)28(26)30/h1-16H,17H2. The maximum Gasteiger partial charge on any atom is 0.0955 e. The highest BCUT2D eigenvalue weighted by Gasteiger charge is 2.28. The molecule has 4 aromatic carbocycles. The summed E-state index contributed by atoms with van der Waals surface area (Å²) in [5.41, 5.74) is 10.2. The van der Waals surface area contributed by atoms with E-state index in [0.717, 1.165) is 11.9 Å².